The molecule has 26 heavy (non-hydrogen) atoms. The summed E-state index contributed by atoms with van der Waals surface area (Å²) in [5.74, 6) is -0.117. The number of nitrogens with one attached hydrogen (secondary N) is 1. The number of anilines is 2. The first-order valence-electron chi connectivity index (χ1n) is 8.43. The van der Waals surface area contributed by atoms with Gasteiger partial charge in [-0.05, 0) is 45.0 Å². The average Bonchev–Trinajstić information content (AvgIpc) is 2.60. The van der Waals surface area contributed by atoms with Crippen molar-refractivity contribution < 1.29 is 14.5 Å². The summed E-state index contributed by atoms with van der Waals surface area (Å²) >= 11 is 0. The molecule has 7 nitrogen and oxygen atoms in total. The van der Waals surface area contributed by atoms with E-state index in [-0.39, 0.29) is 28.4 Å². The number of carbonyl (C=O) groups is 1. The summed E-state index contributed by atoms with van der Waals surface area (Å²) in [7, 11) is 0. The van der Waals surface area contributed by atoms with Crippen molar-refractivity contribution in [1.82, 2.24) is 0 Å². The van der Waals surface area contributed by atoms with Gasteiger partial charge in [-0.1, -0.05) is 12.1 Å². The van der Waals surface area contributed by atoms with Crippen molar-refractivity contribution in [1.29, 1.82) is 0 Å². The molecule has 0 aromatic heterocycles. The Morgan fingerprint density at radius 1 is 1.31 bits per heavy atom. The number of amides is 1. The zero-order valence-electron chi connectivity index (χ0n) is 15.0. The molecule has 1 N–H and O–H groups in total. The highest BCUT2D eigenvalue weighted by molar-refractivity contribution is 6.09. The van der Waals surface area contributed by atoms with Crippen LogP contribution < -0.4 is 15.0 Å². The minimum absolute atomic E-state index is 0.162. The lowest BCUT2D eigenvalue weighted by molar-refractivity contribution is -0.385. The molecule has 1 aliphatic rings. The van der Waals surface area contributed by atoms with Crippen molar-refractivity contribution in [2.75, 3.05) is 23.4 Å². The van der Waals surface area contributed by atoms with Gasteiger partial charge in [0, 0.05) is 23.7 Å². The molecule has 0 saturated heterocycles. The highest BCUT2D eigenvalue weighted by atomic mass is 16.6. The zero-order chi connectivity index (χ0) is 18.9. The summed E-state index contributed by atoms with van der Waals surface area (Å²) in [5, 5.41) is 14.7. The number of nitro benzene ring substituents is 1. The number of nitro groups is 1. The van der Waals surface area contributed by atoms with E-state index in [0.29, 0.717) is 13.2 Å². The summed E-state index contributed by atoms with van der Waals surface area (Å²) in [4.78, 5) is 25.6. The molecule has 0 saturated carbocycles. The average molecular weight is 355 g/mol. The Bertz CT molecular complexity index is 864. The van der Waals surface area contributed by atoms with Gasteiger partial charge in [0.15, 0.2) is 5.75 Å². The van der Waals surface area contributed by atoms with Gasteiger partial charge in [0.1, 0.15) is 0 Å². The Kier molecular flexibility index (Phi) is 4.54. The summed E-state index contributed by atoms with van der Waals surface area (Å²) in [6.07, 6.45) is 0. The van der Waals surface area contributed by atoms with E-state index in [9.17, 15) is 14.9 Å². The molecule has 0 aliphatic carbocycles. The van der Waals surface area contributed by atoms with E-state index in [1.54, 1.807) is 17.9 Å². The number of fused-ring (bicyclic) bond motifs is 1. The number of rotatable bonds is 4. The molecule has 0 bridgehead atoms. The quantitative estimate of drug-likeness (QED) is 0.665. The first-order chi connectivity index (χ1) is 12.3. The molecule has 1 amide bonds. The second-order valence-electron chi connectivity index (χ2n) is 6.79. The van der Waals surface area contributed by atoms with E-state index < -0.39 is 4.92 Å². The van der Waals surface area contributed by atoms with Gasteiger partial charge >= 0.3 is 5.69 Å². The number of benzene rings is 2. The fourth-order valence-electron chi connectivity index (χ4n) is 3.11. The number of nitrogens with zero attached hydrogens (tertiary/aromatic N) is 2. The summed E-state index contributed by atoms with van der Waals surface area (Å²) < 4.78 is 5.29. The summed E-state index contributed by atoms with van der Waals surface area (Å²) in [6.45, 7) is 6.52. The number of hydrogen-bond donors (Lipinski definition) is 1. The first-order valence-corrected chi connectivity index (χ1v) is 8.43. The van der Waals surface area contributed by atoms with Gasteiger partial charge in [-0.25, -0.2) is 0 Å². The van der Waals surface area contributed by atoms with Crippen LogP contribution in [0.4, 0.5) is 17.1 Å². The summed E-state index contributed by atoms with van der Waals surface area (Å²) in [6, 6.07) is 11.9. The van der Waals surface area contributed by atoms with Crippen molar-refractivity contribution in [2.45, 2.75) is 26.3 Å². The van der Waals surface area contributed by atoms with E-state index in [4.69, 9.17) is 4.74 Å². The predicted molar refractivity (Wildman–Crippen MR) is 100 cm³/mol. The Balaban J connectivity index is 2.02. The maximum absolute atomic E-state index is 13.1. The minimum atomic E-state index is -0.530. The molecule has 136 valence electrons. The highest BCUT2D eigenvalue weighted by Gasteiger charge is 2.33. The zero-order valence-corrected chi connectivity index (χ0v) is 15.0. The van der Waals surface area contributed by atoms with Crippen LogP contribution in [-0.2, 0) is 0 Å². The van der Waals surface area contributed by atoms with E-state index in [1.807, 2.05) is 38.1 Å². The van der Waals surface area contributed by atoms with Gasteiger partial charge in [-0.3, -0.25) is 14.9 Å². The smallest absolute Gasteiger partial charge is 0.311 e. The molecule has 0 radical (unpaired) electrons. The van der Waals surface area contributed by atoms with Crippen molar-refractivity contribution in [3.05, 3.63) is 58.1 Å². The number of para-hydroxylation sites is 2. The first kappa shape index (κ1) is 17.7. The van der Waals surface area contributed by atoms with E-state index >= 15 is 0 Å². The SMILES string of the molecule is CCOc1ccc(C(=O)N2CC(C)(C)Nc3ccccc32)cc1[N+](=O)[O-]. The molecule has 3 rings (SSSR count). The van der Waals surface area contributed by atoms with E-state index in [1.165, 1.54) is 12.1 Å². The van der Waals surface area contributed by atoms with Crippen LogP contribution in [0.3, 0.4) is 0 Å². The van der Waals surface area contributed by atoms with Crippen LogP contribution in [0.2, 0.25) is 0 Å². The third-order valence-corrected chi connectivity index (χ3v) is 4.17. The van der Waals surface area contributed by atoms with Crippen LogP contribution in [0.1, 0.15) is 31.1 Å². The standard InChI is InChI=1S/C19H21N3O4/c1-4-26-17-10-9-13(11-16(17)22(24)25)18(23)21-12-19(2,3)20-14-7-5-6-8-15(14)21/h5-11,20H,4,12H2,1-3H3. The molecular weight excluding hydrogens is 334 g/mol. The molecule has 2 aromatic rings. The highest BCUT2D eigenvalue weighted by Crippen LogP contribution is 2.36. The van der Waals surface area contributed by atoms with Gasteiger partial charge in [0.25, 0.3) is 5.91 Å². The fraction of sp³-hybridized carbons (Fsp3) is 0.316. The van der Waals surface area contributed by atoms with Gasteiger partial charge in [0.2, 0.25) is 0 Å². The van der Waals surface area contributed by atoms with Crippen LogP contribution >= 0.6 is 0 Å². The molecule has 1 aliphatic heterocycles. The van der Waals surface area contributed by atoms with Crippen LogP contribution in [0.25, 0.3) is 0 Å². The lowest BCUT2D eigenvalue weighted by Gasteiger charge is -2.40. The van der Waals surface area contributed by atoms with Gasteiger partial charge in [0.05, 0.1) is 22.9 Å². The third-order valence-electron chi connectivity index (χ3n) is 4.17. The Labute approximate surface area is 151 Å². The molecule has 0 unspecified atom stereocenters. The fourth-order valence-corrected chi connectivity index (χ4v) is 3.11. The van der Waals surface area contributed by atoms with E-state index in [0.717, 1.165) is 11.4 Å². The van der Waals surface area contributed by atoms with Crippen molar-refractivity contribution in [3.8, 4) is 5.75 Å². The topological polar surface area (TPSA) is 84.7 Å². The van der Waals surface area contributed by atoms with Crippen LogP contribution in [0.5, 0.6) is 5.75 Å². The van der Waals surface area contributed by atoms with E-state index in [2.05, 4.69) is 5.32 Å². The maximum atomic E-state index is 13.1. The van der Waals surface area contributed by atoms with Gasteiger partial charge in [-0.2, -0.15) is 0 Å². The minimum Gasteiger partial charge on any atom is -0.487 e. The number of carbonyl (C=O) groups excluding carboxylic acids is 1. The van der Waals surface area contributed by atoms with Crippen LogP contribution in [0.15, 0.2) is 42.5 Å². The molecule has 0 fully saturated rings. The van der Waals surface area contributed by atoms with Crippen LogP contribution in [0, 0.1) is 10.1 Å². The Morgan fingerprint density at radius 2 is 2.04 bits per heavy atom. The number of ether oxygens (including phenoxy) is 1. The molecule has 0 atom stereocenters. The van der Waals surface area contributed by atoms with Gasteiger partial charge in [-0.15, -0.1) is 0 Å². The van der Waals surface area contributed by atoms with Crippen LogP contribution in [-0.4, -0.2) is 29.5 Å². The van der Waals surface area contributed by atoms with Crippen molar-refractivity contribution >= 4 is 23.0 Å². The predicted octanol–water partition coefficient (Wildman–Crippen LogP) is 3.84. The third kappa shape index (κ3) is 3.33. The lowest BCUT2D eigenvalue weighted by atomic mass is 9.98. The van der Waals surface area contributed by atoms with Gasteiger partial charge < -0.3 is 15.0 Å². The largest absolute Gasteiger partial charge is 0.487 e. The molecule has 0 spiro atoms. The van der Waals surface area contributed by atoms with Crippen molar-refractivity contribution in [3.63, 3.8) is 0 Å². The summed E-state index contributed by atoms with van der Waals surface area (Å²) in [5.41, 5.74) is 1.35. The molecule has 7 heteroatoms. The lowest BCUT2D eigenvalue weighted by Crippen LogP contribution is -2.50. The maximum Gasteiger partial charge on any atom is 0.311 e. The number of hydrogen-bond acceptors (Lipinski definition) is 5. The van der Waals surface area contributed by atoms with Crippen molar-refractivity contribution in [2.24, 2.45) is 0 Å². The second-order valence-corrected chi connectivity index (χ2v) is 6.79. The normalized spacial score (nSPS) is 15.0. The molecular formula is C19H21N3O4. The molecule has 1 heterocycles. The second kappa shape index (κ2) is 6.67. The Morgan fingerprint density at radius 3 is 2.73 bits per heavy atom. The molecule has 2 aromatic carbocycles. The Hall–Kier alpha value is -3.09. The monoisotopic (exact) mass is 355 g/mol.